The highest BCUT2D eigenvalue weighted by atomic mass is 32.2. The van der Waals surface area contributed by atoms with Gasteiger partial charge in [0.2, 0.25) is 15.4 Å². The molecule has 0 aliphatic heterocycles. The fourth-order valence-electron chi connectivity index (χ4n) is 8.99. The lowest BCUT2D eigenvalue weighted by Crippen LogP contribution is -2.45. The molecule has 2 heterocycles. The van der Waals surface area contributed by atoms with Gasteiger partial charge in [0.15, 0.2) is 14.1 Å². The molecule has 0 spiro atoms. The van der Waals surface area contributed by atoms with Crippen molar-refractivity contribution in [1.29, 1.82) is 0 Å². The number of primary amides is 1. The molecule has 0 aliphatic rings. The minimum atomic E-state index is -4.21. The van der Waals surface area contributed by atoms with E-state index in [1.54, 1.807) is 82.3 Å². The number of aryl methyl sites for hydroxylation is 1. The zero-order valence-electron chi connectivity index (χ0n) is 48.6. The maximum atomic E-state index is 14.3. The second-order valence-corrected chi connectivity index (χ2v) is 29.5. The Bertz CT molecular complexity index is 3690. The predicted octanol–water partition coefficient (Wildman–Crippen LogP) is 12.5. The lowest BCUT2D eigenvalue weighted by molar-refractivity contribution is 0.0208. The van der Waals surface area contributed by atoms with Crippen LogP contribution >= 0.6 is 0 Å². The Morgan fingerprint density at radius 2 is 1.54 bits per heavy atom. The number of nitrogens with one attached hydrogen (secondary N) is 3. The van der Waals surface area contributed by atoms with Crippen LogP contribution in [0.1, 0.15) is 111 Å². The van der Waals surface area contributed by atoms with Crippen LogP contribution in [-0.4, -0.2) is 99.8 Å². The van der Waals surface area contributed by atoms with Gasteiger partial charge in [-0.15, -0.1) is 0 Å². The van der Waals surface area contributed by atoms with E-state index in [9.17, 15) is 37.5 Å². The number of amides is 3. The molecule has 0 radical (unpaired) electrons. The summed E-state index contributed by atoms with van der Waals surface area (Å²) in [6.45, 7) is 18.6. The molecule has 83 heavy (non-hydrogen) atoms. The van der Waals surface area contributed by atoms with Crippen molar-refractivity contribution in [3.8, 4) is 11.5 Å². The molecule has 0 fully saturated rings. The molecule has 3 amide bonds. The van der Waals surface area contributed by atoms with Gasteiger partial charge in [-0.2, -0.15) is 0 Å². The molecule has 5 aromatic carbocycles. The number of ether oxygens (including phenoxy) is 4. The van der Waals surface area contributed by atoms with Crippen molar-refractivity contribution >= 4 is 81.1 Å². The number of nitrogens with zero attached hydrogens (tertiary/aromatic N) is 2. The van der Waals surface area contributed by atoms with Crippen LogP contribution in [0.3, 0.4) is 0 Å². The molecule has 6 N–H and O–H groups in total. The number of methoxy groups -OCH3 is 1. The van der Waals surface area contributed by atoms with Crippen LogP contribution in [0.4, 0.5) is 26.7 Å². The van der Waals surface area contributed by atoms with E-state index in [0.717, 1.165) is 24.8 Å². The Hall–Kier alpha value is -8.11. The Morgan fingerprint density at radius 3 is 2.23 bits per heavy atom. The molecular formula is C62H74N6O13SSi. The average molecular weight is 1170 g/mol. The van der Waals surface area contributed by atoms with Gasteiger partial charge >= 0.3 is 12.2 Å². The topological polar surface area (TPSA) is 268 Å². The van der Waals surface area contributed by atoms with Crippen LogP contribution in [0.15, 0.2) is 130 Å². The van der Waals surface area contributed by atoms with E-state index in [4.69, 9.17) is 29.1 Å². The summed E-state index contributed by atoms with van der Waals surface area (Å²) < 4.78 is 57.7. The maximum absolute atomic E-state index is 14.3. The summed E-state index contributed by atoms with van der Waals surface area (Å²) in [6.07, 6.45) is 2.22. The van der Waals surface area contributed by atoms with E-state index in [-0.39, 0.29) is 56.0 Å². The van der Waals surface area contributed by atoms with Crippen molar-refractivity contribution in [3.05, 3.63) is 154 Å². The van der Waals surface area contributed by atoms with Gasteiger partial charge in [0.1, 0.15) is 11.4 Å². The van der Waals surface area contributed by atoms with Crippen molar-refractivity contribution in [2.45, 2.75) is 120 Å². The average Bonchev–Trinajstić information content (AvgIpc) is 2.08. The number of sulfone groups is 1. The molecule has 7 aromatic rings. The van der Waals surface area contributed by atoms with E-state index in [1.165, 1.54) is 60.7 Å². The number of aromatic nitrogens is 2. The monoisotopic (exact) mass is 1170 g/mol. The molecule has 7 rings (SSSR count). The normalized spacial score (nSPS) is 12.4. The van der Waals surface area contributed by atoms with Crippen LogP contribution < -0.4 is 31.4 Å². The number of unbranched alkanes of at least 4 members (excludes halogenated alkanes) is 3. The highest BCUT2D eigenvalue weighted by Gasteiger charge is 2.41. The number of aromatic amines is 1. The standard InChI is InChI=1S/C62H74N6O13SSi/c1-39-33-46(36-49-54(39)64-37-50(57(63)70)55(49)65-43-18-16-19-44(35-43)77-8)82(75,76)45-20-15-17-41(34-45)58(71)66-42-23-21-40(22-24-42)29-32-78-31-14-12-11-13-30-68(59(72)73)38-52(81-83(9,10)62(5,6)7)47-25-27-51(79-60(74)80-61(2,3)4)56-48(47)26-28-53(69)67-56/h15-28,33-37,52H,11-14,29-32,38H2,1-10H3,(H2,63,70)(H,64,65)(H,66,71)(H,67,69)(H,72,73). The van der Waals surface area contributed by atoms with Crippen molar-refractivity contribution in [2.75, 3.05) is 44.0 Å². The Balaban J connectivity index is 0.903. The molecule has 19 nitrogen and oxygen atoms in total. The largest absolute Gasteiger partial charge is 0.514 e. The summed E-state index contributed by atoms with van der Waals surface area (Å²) >= 11 is 0. The number of carbonyl (C=O) groups excluding carboxylic acids is 3. The van der Waals surface area contributed by atoms with Crippen LogP contribution in [0.2, 0.25) is 18.1 Å². The van der Waals surface area contributed by atoms with Crippen LogP contribution in [0.5, 0.6) is 11.5 Å². The molecular weight excluding hydrogens is 1100 g/mol. The Morgan fingerprint density at radius 1 is 0.819 bits per heavy atom. The summed E-state index contributed by atoms with van der Waals surface area (Å²) in [5, 5.41) is 17.2. The van der Waals surface area contributed by atoms with Crippen molar-refractivity contribution in [1.82, 2.24) is 14.9 Å². The minimum absolute atomic E-state index is 0.0298. The Kier molecular flexibility index (Phi) is 19.9. The first kappa shape index (κ1) is 62.5. The Labute approximate surface area is 484 Å². The van der Waals surface area contributed by atoms with E-state index in [1.807, 2.05) is 12.1 Å². The van der Waals surface area contributed by atoms with E-state index in [0.29, 0.717) is 70.6 Å². The van der Waals surface area contributed by atoms with Gasteiger partial charge in [-0.05, 0) is 149 Å². The predicted molar refractivity (Wildman–Crippen MR) is 323 cm³/mol. The summed E-state index contributed by atoms with van der Waals surface area (Å²) in [5.74, 6) is -0.614. The summed E-state index contributed by atoms with van der Waals surface area (Å²) in [6, 6.07) is 29.3. The highest BCUT2D eigenvalue weighted by Crippen LogP contribution is 2.42. The van der Waals surface area contributed by atoms with Gasteiger partial charge in [-0.1, -0.05) is 63.9 Å². The van der Waals surface area contributed by atoms with E-state index >= 15 is 0 Å². The third-order valence-electron chi connectivity index (χ3n) is 14.4. The first-order valence-corrected chi connectivity index (χ1v) is 31.7. The third-order valence-corrected chi connectivity index (χ3v) is 20.6. The number of hydrogen-bond donors (Lipinski definition) is 5. The number of H-pyrrole nitrogens is 1. The second-order valence-electron chi connectivity index (χ2n) is 22.8. The molecule has 440 valence electrons. The molecule has 1 atom stereocenters. The number of anilines is 3. The summed E-state index contributed by atoms with van der Waals surface area (Å²) in [4.78, 5) is 72.6. The fraction of sp³-hybridized carbons (Fsp3) is 0.355. The van der Waals surface area contributed by atoms with Gasteiger partial charge in [-0.3, -0.25) is 19.4 Å². The van der Waals surface area contributed by atoms with Crippen molar-refractivity contribution in [3.63, 3.8) is 0 Å². The van der Waals surface area contributed by atoms with Crippen LogP contribution in [0.25, 0.3) is 21.8 Å². The van der Waals surface area contributed by atoms with Gasteiger partial charge in [0.25, 0.3) is 11.8 Å². The number of hydrogen-bond acceptors (Lipinski definition) is 14. The number of pyridine rings is 2. The SMILES string of the molecule is COc1cccc(Nc2c(C(N)=O)cnc3c(C)cc(S(=O)(=O)c4cccc(C(=O)Nc5ccc(CCOCCCCCCN(CC(O[Si](C)(C)C(C)(C)C)c6ccc(OC(=O)OC(C)(C)C)c7[nH]c(=O)ccc67)C(=O)O)cc5)c4)cc23)c1. The van der Waals surface area contributed by atoms with E-state index in [2.05, 4.69) is 54.5 Å². The zero-order valence-corrected chi connectivity index (χ0v) is 50.5. The number of carboxylic acid groups (broad SMARTS) is 1. The fourth-order valence-corrected chi connectivity index (χ4v) is 11.7. The molecule has 1 unspecified atom stereocenters. The van der Waals surface area contributed by atoms with Gasteiger partial charge < -0.3 is 54.7 Å². The molecule has 0 saturated carbocycles. The molecule has 0 bridgehead atoms. The number of carbonyl (C=O) groups is 4. The van der Waals surface area contributed by atoms with Gasteiger partial charge in [-0.25, -0.2) is 18.0 Å². The maximum Gasteiger partial charge on any atom is 0.514 e. The van der Waals surface area contributed by atoms with Crippen molar-refractivity contribution < 1.29 is 56.1 Å². The number of rotatable bonds is 24. The molecule has 0 aliphatic carbocycles. The van der Waals surface area contributed by atoms with E-state index < -0.39 is 59.5 Å². The summed E-state index contributed by atoms with van der Waals surface area (Å²) in [5.41, 5.74) is 8.98. The molecule has 2 aromatic heterocycles. The minimum Gasteiger partial charge on any atom is -0.497 e. The van der Waals surface area contributed by atoms with Gasteiger partial charge in [0.05, 0.1) is 58.4 Å². The quantitative estimate of drug-likeness (QED) is 0.0163. The lowest BCUT2D eigenvalue weighted by Gasteiger charge is -2.40. The smallest absolute Gasteiger partial charge is 0.497 e. The van der Waals surface area contributed by atoms with Crippen LogP contribution in [-0.2, 0) is 30.2 Å². The first-order valence-electron chi connectivity index (χ1n) is 27.3. The number of nitrogens with two attached hydrogens (primary N) is 1. The molecule has 0 saturated heterocycles. The van der Waals surface area contributed by atoms with Gasteiger partial charge in [0, 0.05) is 59.2 Å². The number of benzene rings is 5. The second kappa shape index (κ2) is 26.4. The molecule has 21 heteroatoms. The first-order chi connectivity index (χ1) is 39.1. The van der Waals surface area contributed by atoms with Crippen molar-refractivity contribution in [2.24, 2.45) is 5.73 Å². The van der Waals surface area contributed by atoms with Crippen LogP contribution in [0, 0.1) is 6.92 Å². The third kappa shape index (κ3) is 16.1. The number of fused-ring (bicyclic) bond motifs is 2. The highest BCUT2D eigenvalue weighted by molar-refractivity contribution is 7.91. The zero-order chi connectivity index (χ0) is 60.4. The lowest BCUT2D eigenvalue weighted by atomic mass is 10.0. The summed E-state index contributed by atoms with van der Waals surface area (Å²) in [7, 11) is -5.18.